The summed E-state index contributed by atoms with van der Waals surface area (Å²) in [5, 5.41) is 6.15. The number of ether oxygens (including phenoxy) is 1. The second kappa shape index (κ2) is 9.09. The van der Waals surface area contributed by atoms with Crippen molar-refractivity contribution in [1.82, 2.24) is 10.7 Å². The molecule has 2 aromatic rings. The molecule has 0 aliphatic carbocycles. The zero-order chi connectivity index (χ0) is 17.2. The lowest BCUT2D eigenvalue weighted by molar-refractivity contribution is -0.139. The summed E-state index contributed by atoms with van der Waals surface area (Å²) in [5.41, 5.74) is 3.99. The minimum atomic E-state index is -0.801. The van der Waals surface area contributed by atoms with Crippen LogP contribution in [0.2, 0.25) is 0 Å². The monoisotopic (exact) mass is 325 g/mol. The van der Waals surface area contributed by atoms with Gasteiger partial charge in [0.15, 0.2) is 0 Å². The standard InChI is InChI=1S/C18H19N3O3/c1-2-19-17(22)18(23)21-20-12-15-9-6-10-16(11-15)24-13-14-7-4-3-5-8-14/h3-12H,2,13H2,1H3,(H,19,22)(H,21,23)/b20-12-. The molecule has 0 atom stereocenters. The van der Waals surface area contributed by atoms with Crippen LogP contribution in [0.25, 0.3) is 0 Å². The number of nitrogens with one attached hydrogen (secondary N) is 2. The van der Waals surface area contributed by atoms with Crippen molar-refractivity contribution in [2.45, 2.75) is 13.5 Å². The van der Waals surface area contributed by atoms with Gasteiger partial charge in [-0.15, -0.1) is 0 Å². The van der Waals surface area contributed by atoms with Gasteiger partial charge in [-0.2, -0.15) is 5.10 Å². The van der Waals surface area contributed by atoms with Gasteiger partial charge in [-0.25, -0.2) is 5.43 Å². The number of hydrazone groups is 1. The molecular formula is C18H19N3O3. The van der Waals surface area contributed by atoms with Gasteiger partial charge in [0.1, 0.15) is 12.4 Å². The molecule has 0 aliphatic rings. The van der Waals surface area contributed by atoms with Crippen molar-refractivity contribution < 1.29 is 14.3 Å². The van der Waals surface area contributed by atoms with Gasteiger partial charge in [0.2, 0.25) is 0 Å². The molecule has 24 heavy (non-hydrogen) atoms. The van der Waals surface area contributed by atoms with Crippen molar-refractivity contribution in [3.63, 3.8) is 0 Å². The highest BCUT2D eigenvalue weighted by Gasteiger charge is 2.10. The summed E-state index contributed by atoms with van der Waals surface area (Å²) in [5.74, 6) is -0.822. The van der Waals surface area contributed by atoms with E-state index < -0.39 is 11.8 Å². The van der Waals surface area contributed by atoms with E-state index in [4.69, 9.17) is 4.74 Å². The minimum Gasteiger partial charge on any atom is -0.489 e. The molecule has 6 heteroatoms. The van der Waals surface area contributed by atoms with Crippen LogP contribution in [0.15, 0.2) is 59.7 Å². The van der Waals surface area contributed by atoms with Crippen LogP contribution in [0.4, 0.5) is 0 Å². The maximum absolute atomic E-state index is 11.4. The van der Waals surface area contributed by atoms with E-state index in [1.54, 1.807) is 13.0 Å². The second-order valence-electron chi connectivity index (χ2n) is 4.91. The topological polar surface area (TPSA) is 79.8 Å². The summed E-state index contributed by atoms with van der Waals surface area (Å²) in [7, 11) is 0. The summed E-state index contributed by atoms with van der Waals surface area (Å²) in [4.78, 5) is 22.6. The van der Waals surface area contributed by atoms with E-state index in [1.165, 1.54) is 6.21 Å². The molecule has 0 fully saturated rings. The Kier molecular flexibility index (Phi) is 6.52. The van der Waals surface area contributed by atoms with Crippen LogP contribution in [-0.4, -0.2) is 24.6 Å². The van der Waals surface area contributed by atoms with Crippen LogP contribution in [0.1, 0.15) is 18.1 Å². The van der Waals surface area contributed by atoms with Gasteiger partial charge in [0.05, 0.1) is 6.21 Å². The van der Waals surface area contributed by atoms with Crippen LogP contribution in [0.5, 0.6) is 5.75 Å². The number of rotatable bonds is 6. The number of carbonyl (C=O) groups excluding carboxylic acids is 2. The van der Waals surface area contributed by atoms with Crippen LogP contribution in [0, 0.1) is 0 Å². The van der Waals surface area contributed by atoms with Crippen molar-refractivity contribution >= 4 is 18.0 Å². The number of nitrogens with zero attached hydrogens (tertiary/aromatic N) is 1. The van der Waals surface area contributed by atoms with Gasteiger partial charge in [-0.05, 0) is 30.2 Å². The van der Waals surface area contributed by atoms with E-state index in [9.17, 15) is 9.59 Å². The van der Waals surface area contributed by atoms with Crippen molar-refractivity contribution in [2.24, 2.45) is 5.10 Å². The Bertz CT molecular complexity index is 714. The summed E-state index contributed by atoms with van der Waals surface area (Å²) < 4.78 is 5.72. The van der Waals surface area contributed by atoms with Gasteiger partial charge < -0.3 is 10.1 Å². The molecule has 0 heterocycles. The first-order chi connectivity index (χ1) is 11.7. The fraction of sp³-hybridized carbons (Fsp3) is 0.167. The zero-order valence-corrected chi connectivity index (χ0v) is 13.4. The van der Waals surface area contributed by atoms with E-state index in [0.717, 1.165) is 11.1 Å². The molecule has 0 bridgehead atoms. The molecule has 2 aromatic carbocycles. The number of amides is 2. The Hall–Kier alpha value is -3.15. The number of likely N-dealkylation sites (N-methyl/N-ethyl adjacent to an activating group) is 1. The molecule has 124 valence electrons. The van der Waals surface area contributed by atoms with Crippen LogP contribution >= 0.6 is 0 Å². The third-order valence-electron chi connectivity index (χ3n) is 3.03. The van der Waals surface area contributed by atoms with Gasteiger partial charge >= 0.3 is 11.8 Å². The van der Waals surface area contributed by atoms with Crippen molar-refractivity contribution in [3.05, 3.63) is 65.7 Å². The molecule has 0 saturated heterocycles. The Morgan fingerprint density at radius 1 is 1.08 bits per heavy atom. The summed E-state index contributed by atoms with van der Waals surface area (Å²) in [6.07, 6.45) is 1.45. The smallest absolute Gasteiger partial charge is 0.329 e. The third kappa shape index (κ3) is 5.57. The van der Waals surface area contributed by atoms with E-state index >= 15 is 0 Å². The van der Waals surface area contributed by atoms with E-state index in [0.29, 0.717) is 18.9 Å². The van der Waals surface area contributed by atoms with Crippen LogP contribution < -0.4 is 15.5 Å². The number of benzene rings is 2. The molecule has 0 radical (unpaired) electrons. The van der Waals surface area contributed by atoms with Gasteiger partial charge in [0.25, 0.3) is 0 Å². The van der Waals surface area contributed by atoms with Gasteiger partial charge in [-0.1, -0.05) is 42.5 Å². The minimum absolute atomic E-state index is 0.386. The predicted molar refractivity (Wildman–Crippen MR) is 91.6 cm³/mol. The predicted octanol–water partition coefficient (Wildman–Crippen LogP) is 1.85. The molecule has 0 spiro atoms. The molecule has 2 rings (SSSR count). The molecule has 0 aliphatic heterocycles. The molecule has 0 unspecified atom stereocenters. The summed E-state index contributed by atoms with van der Waals surface area (Å²) in [6, 6.07) is 17.1. The fourth-order valence-electron chi connectivity index (χ4n) is 1.88. The maximum atomic E-state index is 11.4. The molecule has 0 saturated carbocycles. The van der Waals surface area contributed by atoms with Crippen LogP contribution in [-0.2, 0) is 16.2 Å². The van der Waals surface area contributed by atoms with E-state index in [1.807, 2.05) is 48.5 Å². The molecular weight excluding hydrogens is 306 g/mol. The first-order valence-electron chi connectivity index (χ1n) is 7.57. The first-order valence-corrected chi connectivity index (χ1v) is 7.57. The highest BCUT2D eigenvalue weighted by molar-refractivity contribution is 6.35. The average molecular weight is 325 g/mol. The Morgan fingerprint density at radius 3 is 2.62 bits per heavy atom. The molecule has 0 aromatic heterocycles. The van der Waals surface area contributed by atoms with Crippen molar-refractivity contribution in [1.29, 1.82) is 0 Å². The Labute approximate surface area is 140 Å². The molecule has 2 amide bonds. The van der Waals surface area contributed by atoms with Crippen LogP contribution in [0.3, 0.4) is 0 Å². The SMILES string of the molecule is CCNC(=O)C(=O)N/N=C\c1cccc(OCc2ccccc2)c1. The molecule has 6 nitrogen and oxygen atoms in total. The highest BCUT2D eigenvalue weighted by Crippen LogP contribution is 2.14. The number of hydrogen-bond acceptors (Lipinski definition) is 4. The lowest BCUT2D eigenvalue weighted by Crippen LogP contribution is -2.37. The van der Waals surface area contributed by atoms with Crippen molar-refractivity contribution in [3.8, 4) is 5.75 Å². The lowest BCUT2D eigenvalue weighted by Gasteiger charge is -2.06. The lowest BCUT2D eigenvalue weighted by atomic mass is 10.2. The Morgan fingerprint density at radius 2 is 1.88 bits per heavy atom. The highest BCUT2D eigenvalue weighted by atomic mass is 16.5. The second-order valence-corrected chi connectivity index (χ2v) is 4.91. The summed E-state index contributed by atoms with van der Waals surface area (Å²) in [6.45, 7) is 2.58. The fourth-order valence-corrected chi connectivity index (χ4v) is 1.88. The average Bonchev–Trinajstić information content (AvgIpc) is 2.61. The largest absolute Gasteiger partial charge is 0.489 e. The maximum Gasteiger partial charge on any atom is 0.329 e. The first kappa shape index (κ1) is 17.2. The zero-order valence-electron chi connectivity index (χ0n) is 13.4. The van der Waals surface area contributed by atoms with E-state index in [2.05, 4.69) is 15.8 Å². The quantitative estimate of drug-likeness (QED) is 0.483. The molecule has 2 N–H and O–H groups in total. The van der Waals surface area contributed by atoms with Gasteiger partial charge in [0, 0.05) is 6.54 Å². The number of carbonyl (C=O) groups is 2. The number of hydrogen-bond donors (Lipinski definition) is 2. The third-order valence-corrected chi connectivity index (χ3v) is 3.03. The Balaban J connectivity index is 1.89. The summed E-state index contributed by atoms with van der Waals surface area (Å²) >= 11 is 0. The van der Waals surface area contributed by atoms with Crippen molar-refractivity contribution in [2.75, 3.05) is 6.54 Å². The normalized spacial score (nSPS) is 10.4. The van der Waals surface area contributed by atoms with Gasteiger partial charge in [-0.3, -0.25) is 9.59 Å². The van der Waals surface area contributed by atoms with E-state index in [-0.39, 0.29) is 0 Å².